The van der Waals surface area contributed by atoms with Crippen LogP contribution < -0.4 is 14.8 Å². The van der Waals surface area contributed by atoms with Crippen molar-refractivity contribution in [1.82, 2.24) is 15.2 Å². The van der Waals surface area contributed by atoms with Crippen LogP contribution in [0.2, 0.25) is 0 Å². The third-order valence-electron chi connectivity index (χ3n) is 4.87. The average Bonchev–Trinajstić information content (AvgIpc) is 2.70. The summed E-state index contributed by atoms with van der Waals surface area (Å²) in [5, 5.41) is 13.6. The lowest BCUT2D eigenvalue weighted by molar-refractivity contribution is 0.0668. The Labute approximate surface area is 174 Å². The first kappa shape index (κ1) is 23.1. The summed E-state index contributed by atoms with van der Waals surface area (Å²) in [6.45, 7) is 8.60. The van der Waals surface area contributed by atoms with Gasteiger partial charge >= 0.3 is 0 Å². The molecule has 0 spiro atoms. The molecule has 0 saturated heterocycles. The number of pyridine rings is 1. The van der Waals surface area contributed by atoms with E-state index in [2.05, 4.69) is 35.1 Å². The van der Waals surface area contributed by atoms with Gasteiger partial charge in [-0.3, -0.25) is 4.98 Å². The van der Waals surface area contributed by atoms with Gasteiger partial charge in [0.15, 0.2) is 11.5 Å². The first-order valence-electron chi connectivity index (χ1n) is 10.2. The average molecular weight is 402 g/mol. The molecule has 6 heteroatoms. The van der Waals surface area contributed by atoms with Gasteiger partial charge < -0.3 is 24.8 Å². The van der Waals surface area contributed by atoms with Gasteiger partial charge in [-0.2, -0.15) is 0 Å². The number of nitrogens with zero attached hydrogens (tertiary/aromatic N) is 2. The van der Waals surface area contributed by atoms with E-state index in [1.807, 2.05) is 44.3 Å². The number of aromatic nitrogens is 1. The molecule has 0 amide bonds. The molecule has 2 aromatic rings. The first-order valence-corrected chi connectivity index (χ1v) is 10.2. The highest BCUT2D eigenvalue weighted by molar-refractivity contribution is 5.43. The summed E-state index contributed by atoms with van der Waals surface area (Å²) in [6, 6.07) is 12.4. The highest BCUT2D eigenvalue weighted by atomic mass is 16.5. The third-order valence-corrected chi connectivity index (χ3v) is 4.87. The predicted molar refractivity (Wildman–Crippen MR) is 117 cm³/mol. The summed E-state index contributed by atoms with van der Waals surface area (Å²) in [6.07, 6.45) is 0.339. The van der Waals surface area contributed by atoms with Crippen LogP contribution in [0.25, 0.3) is 0 Å². The van der Waals surface area contributed by atoms with Crippen molar-refractivity contribution in [2.75, 3.05) is 33.9 Å². The Morgan fingerprint density at radius 3 is 2.66 bits per heavy atom. The quantitative estimate of drug-likeness (QED) is 0.533. The van der Waals surface area contributed by atoms with Gasteiger partial charge in [-0.25, -0.2) is 0 Å². The van der Waals surface area contributed by atoms with Crippen molar-refractivity contribution in [2.24, 2.45) is 0 Å². The lowest BCUT2D eigenvalue weighted by Crippen LogP contribution is -2.36. The van der Waals surface area contributed by atoms with E-state index in [4.69, 9.17) is 9.47 Å². The van der Waals surface area contributed by atoms with Crippen molar-refractivity contribution in [1.29, 1.82) is 0 Å². The van der Waals surface area contributed by atoms with E-state index in [0.29, 0.717) is 24.1 Å². The second-order valence-electron chi connectivity index (χ2n) is 7.68. The van der Waals surface area contributed by atoms with Crippen LogP contribution in [0.1, 0.15) is 30.8 Å². The van der Waals surface area contributed by atoms with Crippen molar-refractivity contribution < 1.29 is 14.6 Å². The molecule has 0 aliphatic carbocycles. The molecule has 2 N–H and O–H groups in total. The molecule has 0 fully saturated rings. The number of rotatable bonds is 12. The molecule has 29 heavy (non-hydrogen) atoms. The Hall–Kier alpha value is -2.15. The van der Waals surface area contributed by atoms with Crippen molar-refractivity contribution in [3.05, 3.63) is 53.3 Å². The molecule has 1 atom stereocenters. The highest BCUT2D eigenvalue weighted by Gasteiger charge is 2.13. The van der Waals surface area contributed by atoms with E-state index in [9.17, 15) is 5.11 Å². The van der Waals surface area contributed by atoms with Crippen LogP contribution in [-0.4, -0.2) is 61.0 Å². The number of likely N-dealkylation sites (N-methyl/N-ethyl adjacent to an activating group) is 1. The minimum absolute atomic E-state index is 0.231. The smallest absolute Gasteiger partial charge is 0.161 e. The fourth-order valence-corrected chi connectivity index (χ4v) is 2.91. The minimum Gasteiger partial charge on any atom is -0.493 e. The highest BCUT2D eigenvalue weighted by Crippen LogP contribution is 2.28. The SMILES string of the molecule is COc1cc(CNCCc2cccc(C)n2)ccc1OC[C@@H](O)CN(C)C(C)C. The standard InChI is InChI=1S/C23H35N3O3/c1-17(2)26(4)15-21(27)16-29-22-10-9-19(13-23(22)28-5)14-24-12-11-20-8-6-7-18(3)25-20/h6-10,13,17,21,24,27H,11-12,14-16H2,1-5H3/t21-/m0/s1. The molecular weight excluding hydrogens is 366 g/mol. The molecule has 2 rings (SSSR count). The molecule has 0 aliphatic rings. The number of hydrogen-bond acceptors (Lipinski definition) is 6. The Morgan fingerprint density at radius 2 is 1.97 bits per heavy atom. The molecule has 1 aromatic heterocycles. The summed E-state index contributed by atoms with van der Waals surface area (Å²) in [5.74, 6) is 1.32. The van der Waals surface area contributed by atoms with Gasteiger partial charge in [0.25, 0.3) is 0 Å². The molecule has 0 unspecified atom stereocenters. The zero-order chi connectivity index (χ0) is 21.2. The van der Waals surface area contributed by atoms with Gasteiger partial charge in [0.2, 0.25) is 0 Å². The second kappa shape index (κ2) is 11.8. The molecule has 6 nitrogen and oxygen atoms in total. The summed E-state index contributed by atoms with van der Waals surface area (Å²) in [7, 11) is 3.62. The van der Waals surface area contributed by atoms with Gasteiger partial charge in [-0.05, 0) is 57.6 Å². The minimum atomic E-state index is -0.552. The first-order chi connectivity index (χ1) is 13.9. The number of aliphatic hydroxyl groups excluding tert-OH is 1. The number of aryl methyl sites for hydroxylation is 1. The normalized spacial score (nSPS) is 12.4. The number of hydrogen-bond donors (Lipinski definition) is 2. The van der Waals surface area contributed by atoms with Gasteiger partial charge in [0.05, 0.1) is 7.11 Å². The van der Waals surface area contributed by atoms with Crippen LogP contribution in [0.5, 0.6) is 11.5 Å². The van der Waals surface area contributed by atoms with E-state index >= 15 is 0 Å². The maximum Gasteiger partial charge on any atom is 0.161 e. The molecule has 0 radical (unpaired) electrons. The maximum absolute atomic E-state index is 10.2. The number of aliphatic hydroxyl groups is 1. The predicted octanol–water partition coefficient (Wildman–Crippen LogP) is 2.81. The third kappa shape index (κ3) is 8.01. The topological polar surface area (TPSA) is 66.8 Å². The monoisotopic (exact) mass is 401 g/mol. The molecular formula is C23H35N3O3. The van der Waals surface area contributed by atoms with E-state index < -0.39 is 6.10 Å². The van der Waals surface area contributed by atoms with Crippen LogP contribution in [0.3, 0.4) is 0 Å². The largest absolute Gasteiger partial charge is 0.493 e. The number of methoxy groups -OCH3 is 1. The Morgan fingerprint density at radius 1 is 1.17 bits per heavy atom. The van der Waals surface area contributed by atoms with E-state index in [1.165, 1.54) is 0 Å². The van der Waals surface area contributed by atoms with Crippen molar-refractivity contribution in [2.45, 2.75) is 45.9 Å². The maximum atomic E-state index is 10.2. The zero-order valence-electron chi connectivity index (χ0n) is 18.3. The summed E-state index contributed by atoms with van der Waals surface area (Å²) in [5.41, 5.74) is 3.26. The molecule has 1 heterocycles. The molecule has 0 aliphatic heterocycles. The van der Waals surface area contributed by atoms with Crippen LogP contribution in [-0.2, 0) is 13.0 Å². The summed E-state index contributed by atoms with van der Waals surface area (Å²) in [4.78, 5) is 6.61. The van der Waals surface area contributed by atoms with Crippen molar-refractivity contribution in [3.63, 3.8) is 0 Å². The fourth-order valence-electron chi connectivity index (χ4n) is 2.91. The van der Waals surface area contributed by atoms with Gasteiger partial charge in [-0.15, -0.1) is 0 Å². The van der Waals surface area contributed by atoms with E-state index in [0.717, 1.165) is 36.5 Å². The molecule has 0 bridgehead atoms. The Balaban J connectivity index is 1.81. The summed E-state index contributed by atoms with van der Waals surface area (Å²) >= 11 is 0. The molecule has 160 valence electrons. The molecule has 0 saturated carbocycles. The fraction of sp³-hybridized carbons (Fsp3) is 0.522. The van der Waals surface area contributed by atoms with Gasteiger partial charge in [0.1, 0.15) is 12.7 Å². The summed E-state index contributed by atoms with van der Waals surface area (Å²) < 4.78 is 11.3. The Bertz CT molecular complexity index is 752. The number of benzene rings is 1. The van der Waals surface area contributed by atoms with Gasteiger partial charge in [-0.1, -0.05) is 12.1 Å². The number of nitrogens with one attached hydrogen (secondary N) is 1. The van der Waals surface area contributed by atoms with E-state index in [-0.39, 0.29) is 6.61 Å². The van der Waals surface area contributed by atoms with Crippen LogP contribution in [0.4, 0.5) is 0 Å². The lowest BCUT2D eigenvalue weighted by atomic mass is 10.2. The zero-order valence-corrected chi connectivity index (χ0v) is 18.3. The molecule has 1 aromatic carbocycles. The lowest BCUT2D eigenvalue weighted by Gasteiger charge is -2.24. The van der Waals surface area contributed by atoms with Gasteiger partial charge in [0, 0.05) is 43.5 Å². The van der Waals surface area contributed by atoms with Crippen molar-refractivity contribution >= 4 is 0 Å². The Kier molecular flexibility index (Phi) is 9.38. The van der Waals surface area contributed by atoms with Crippen LogP contribution in [0, 0.1) is 6.92 Å². The van der Waals surface area contributed by atoms with E-state index in [1.54, 1.807) is 7.11 Å². The number of ether oxygens (including phenoxy) is 2. The van der Waals surface area contributed by atoms with Crippen LogP contribution in [0.15, 0.2) is 36.4 Å². The second-order valence-corrected chi connectivity index (χ2v) is 7.68. The van der Waals surface area contributed by atoms with Crippen LogP contribution >= 0.6 is 0 Å². The van der Waals surface area contributed by atoms with Crippen molar-refractivity contribution in [3.8, 4) is 11.5 Å².